The highest BCUT2D eigenvalue weighted by Crippen LogP contribution is 2.37. The van der Waals surface area contributed by atoms with Crippen LogP contribution in [0, 0.1) is 0 Å². The van der Waals surface area contributed by atoms with Gasteiger partial charge in [0, 0.05) is 18.6 Å². The third kappa shape index (κ3) is 7.80. The van der Waals surface area contributed by atoms with E-state index in [0.717, 1.165) is 11.3 Å². The Morgan fingerprint density at radius 3 is 2.32 bits per heavy atom. The second kappa shape index (κ2) is 12.1. The maximum Gasteiger partial charge on any atom is 0.156 e. The molecule has 0 aliphatic carbocycles. The lowest BCUT2D eigenvalue weighted by Crippen LogP contribution is -2.04. The summed E-state index contributed by atoms with van der Waals surface area (Å²) in [6.07, 6.45) is 2.13. The highest BCUT2D eigenvalue weighted by Gasteiger charge is 2.10. The predicted molar refractivity (Wildman–Crippen MR) is 116 cm³/mol. The van der Waals surface area contributed by atoms with Gasteiger partial charge in [-0.2, -0.15) is 0 Å². The van der Waals surface area contributed by atoms with E-state index in [-0.39, 0.29) is 11.1 Å². The first-order valence-electron chi connectivity index (χ1n) is 8.45. The molecule has 0 amide bonds. The van der Waals surface area contributed by atoms with Crippen LogP contribution in [0.4, 0.5) is 0 Å². The third-order valence-corrected chi connectivity index (χ3v) is 4.35. The summed E-state index contributed by atoms with van der Waals surface area (Å²) in [6.45, 7) is 2.89. The molecule has 2 aromatic carbocycles. The van der Waals surface area contributed by atoms with Crippen LogP contribution in [0.25, 0.3) is 0 Å². The molecule has 0 atom stereocenters. The first-order valence-corrected chi connectivity index (χ1v) is 9.96. The molecule has 0 aliphatic rings. The van der Waals surface area contributed by atoms with Gasteiger partial charge in [0.2, 0.25) is 0 Å². The Hall–Kier alpha value is -1.59. The van der Waals surface area contributed by atoms with Crippen LogP contribution < -0.4 is 9.47 Å². The fraction of sp³-hybridized carbons (Fsp3) is 0.250. The van der Waals surface area contributed by atoms with E-state index in [4.69, 9.17) is 60.7 Å². The standard InChI is InChI=1S/C20H19Cl4NO3/c1-14(15-6-3-2-4-7-15)25-28-10-5-9-27-20-17(21)12-16(13-18(20)22)26-11-8-19(23)24/h2-4,6-8,12-13H,5,9-11H2,1H3. The molecule has 8 heteroatoms. The van der Waals surface area contributed by atoms with E-state index in [0.29, 0.717) is 41.2 Å². The molecule has 28 heavy (non-hydrogen) atoms. The molecule has 2 aromatic rings. The summed E-state index contributed by atoms with van der Waals surface area (Å²) in [6, 6.07) is 13.0. The highest BCUT2D eigenvalue weighted by molar-refractivity contribution is 6.55. The summed E-state index contributed by atoms with van der Waals surface area (Å²) >= 11 is 23.5. The van der Waals surface area contributed by atoms with Crippen LogP contribution in [0.5, 0.6) is 11.5 Å². The van der Waals surface area contributed by atoms with Gasteiger partial charge in [0.15, 0.2) is 5.75 Å². The second-order valence-electron chi connectivity index (χ2n) is 5.60. The van der Waals surface area contributed by atoms with Crippen molar-refractivity contribution >= 4 is 52.1 Å². The molecule has 2 rings (SSSR count). The lowest BCUT2D eigenvalue weighted by atomic mass is 10.1. The van der Waals surface area contributed by atoms with Crippen molar-refractivity contribution in [2.45, 2.75) is 13.3 Å². The number of ether oxygens (including phenoxy) is 2. The zero-order valence-electron chi connectivity index (χ0n) is 15.1. The Bertz CT molecular complexity index is 798. The number of rotatable bonds is 10. The van der Waals surface area contributed by atoms with E-state index in [1.54, 1.807) is 12.1 Å². The van der Waals surface area contributed by atoms with Gasteiger partial charge in [-0.05, 0) is 18.6 Å². The topological polar surface area (TPSA) is 40.0 Å². The molecule has 0 aliphatic heterocycles. The summed E-state index contributed by atoms with van der Waals surface area (Å²) in [5, 5.41) is 4.79. The molecule has 0 heterocycles. The number of halogens is 4. The van der Waals surface area contributed by atoms with Gasteiger partial charge in [-0.25, -0.2) is 0 Å². The predicted octanol–water partition coefficient (Wildman–Crippen LogP) is 6.90. The summed E-state index contributed by atoms with van der Waals surface area (Å²) in [5.41, 5.74) is 1.83. The van der Waals surface area contributed by atoms with Crippen molar-refractivity contribution in [2.24, 2.45) is 5.16 Å². The van der Waals surface area contributed by atoms with Crippen molar-refractivity contribution in [2.75, 3.05) is 19.8 Å². The van der Waals surface area contributed by atoms with Crippen LogP contribution in [-0.4, -0.2) is 25.5 Å². The van der Waals surface area contributed by atoms with Crippen LogP contribution in [0.1, 0.15) is 18.9 Å². The summed E-state index contributed by atoms with van der Waals surface area (Å²) in [7, 11) is 0. The molecule has 0 fully saturated rings. The zero-order chi connectivity index (χ0) is 20.4. The number of hydrogen-bond donors (Lipinski definition) is 0. The largest absolute Gasteiger partial charge is 0.490 e. The normalized spacial score (nSPS) is 11.1. The summed E-state index contributed by atoms with van der Waals surface area (Å²) in [4.78, 5) is 5.33. The Morgan fingerprint density at radius 1 is 1.00 bits per heavy atom. The molecule has 4 nitrogen and oxygen atoms in total. The SMILES string of the molecule is CC(=NOCCCOc1c(Cl)cc(OCC=C(Cl)Cl)cc1Cl)c1ccccc1. The van der Waals surface area contributed by atoms with Gasteiger partial charge in [0.1, 0.15) is 23.5 Å². The van der Waals surface area contributed by atoms with Crippen molar-refractivity contribution in [3.63, 3.8) is 0 Å². The molecule has 0 bridgehead atoms. The van der Waals surface area contributed by atoms with E-state index in [2.05, 4.69) is 5.16 Å². The fourth-order valence-corrected chi connectivity index (χ4v) is 2.83. The minimum Gasteiger partial charge on any atom is -0.490 e. The van der Waals surface area contributed by atoms with Crippen LogP contribution in [0.2, 0.25) is 10.0 Å². The number of nitrogens with zero attached hydrogens (tertiary/aromatic N) is 1. The van der Waals surface area contributed by atoms with Gasteiger partial charge in [0.25, 0.3) is 0 Å². The second-order valence-corrected chi connectivity index (χ2v) is 7.42. The molecule has 0 unspecified atom stereocenters. The van der Waals surface area contributed by atoms with Gasteiger partial charge in [-0.3, -0.25) is 0 Å². The molecule has 0 saturated heterocycles. The first kappa shape index (κ1) is 22.7. The molecule has 150 valence electrons. The minimum atomic E-state index is 0.127. The maximum absolute atomic E-state index is 6.22. The van der Waals surface area contributed by atoms with Gasteiger partial charge in [-0.1, -0.05) is 81.9 Å². The number of benzene rings is 2. The maximum atomic E-state index is 6.22. The van der Waals surface area contributed by atoms with E-state index in [9.17, 15) is 0 Å². The van der Waals surface area contributed by atoms with Crippen molar-refractivity contribution in [1.29, 1.82) is 0 Å². The Balaban J connectivity index is 1.77. The number of oxime groups is 1. The van der Waals surface area contributed by atoms with E-state index < -0.39 is 0 Å². The van der Waals surface area contributed by atoms with Crippen molar-refractivity contribution in [1.82, 2.24) is 0 Å². The first-order chi connectivity index (χ1) is 13.5. The van der Waals surface area contributed by atoms with Gasteiger partial charge in [-0.15, -0.1) is 0 Å². The average Bonchev–Trinajstić information content (AvgIpc) is 2.66. The Morgan fingerprint density at radius 2 is 1.68 bits per heavy atom. The lowest BCUT2D eigenvalue weighted by molar-refractivity contribution is 0.127. The van der Waals surface area contributed by atoms with E-state index >= 15 is 0 Å². The molecule has 0 N–H and O–H groups in total. The summed E-state index contributed by atoms with van der Waals surface area (Å²) in [5.74, 6) is 0.882. The number of hydrogen-bond acceptors (Lipinski definition) is 4. The van der Waals surface area contributed by atoms with Crippen molar-refractivity contribution in [3.05, 3.63) is 68.6 Å². The zero-order valence-corrected chi connectivity index (χ0v) is 18.2. The van der Waals surface area contributed by atoms with Gasteiger partial charge in [0.05, 0.1) is 22.4 Å². The smallest absolute Gasteiger partial charge is 0.156 e. The molecule has 0 spiro atoms. The summed E-state index contributed by atoms with van der Waals surface area (Å²) < 4.78 is 11.2. The third-order valence-electron chi connectivity index (χ3n) is 3.48. The Labute approximate surface area is 184 Å². The Kier molecular flexibility index (Phi) is 9.79. The monoisotopic (exact) mass is 461 g/mol. The molecule has 0 radical (unpaired) electrons. The van der Waals surface area contributed by atoms with Gasteiger partial charge >= 0.3 is 0 Å². The van der Waals surface area contributed by atoms with Crippen molar-refractivity contribution in [3.8, 4) is 11.5 Å². The molecular weight excluding hydrogens is 444 g/mol. The molecule has 0 saturated carbocycles. The molecule has 0 aromatic heterocycles. The van der Waals surface area contributed by atoms with E-state index in [1.807, 2.05) is 37.3 Å². The lowest BCUT2D eigenvalue weighted by Gasteiger charge is -2.12. The fourth-order valence-electron chi connectivity index (χ4n) is 2.13. The van der Waals surface area contributed by atoms with Gasteiger partial charge < -0.3 is 14.3 Å². The molecular formula is C20H19Cl4NO3. The van der Waals surface area contributed by atoms with Crippen molar-refractivity contribution < 1.29 is 14.3 Å². The highest BCUT2D eigenvalue weighted by atomic mass is 35.5. The minimum absolute atomic E-state index is 0.127. The van der Waals surface area contributed by atoms with Crippen LogP contribution in [-0.2, 0) is 4.84 Å². The average molecular weight is 463 g/mol. The van der Waals surface area contributed by atoms with Crippen LogP contribution in [0.15, 0.2) is 58.2 Å². The van der Waals surface area contributed by atoms with Crippen LogP contribution >= 0.6 is 46.4 Å². The van der Waals surface area contributed by atoms with Crippen LogP contribution in [0.3, 0.4) is 0 Å². The van der Waals surface area contributed by atoms with E-state index in [1.165, 1.54) is 6.08 Å². The quantitative estimate of drug-likeness (QED) is 0.219.